The smallest absolute Gasteiger partial charge is 0.353 e. The molecule has 0 aliphatic carbocycles. The van der Waals surface area contributed by atoms with Crippen LogP contribution in [0.5, 0.6) is 0 Å². The Balaban J connectivity index is 0.847. The standard InChI is InChI=1S/C44H48N6O13S2/c1-17-31-29(19(3)51)39(54)49(31)33(42(58)59)35(17)64-25-13-28(46-15-25)38(53)48-24-10-6-8-22(12-24)44(62)63-20(4)30-32-18(2)36(34(43(60)61)50(32)40(30)55)65-26-14-27(45-16-26)37(52)47-23-9-5-7-21(11-23)41(56)57/h5-12,17-20,25-32,45-46,51H,13-16H2,1-4H3,(H,47,52)(H,48,53)(H,56,57)(H,58,59)(H,60,61)/t17-,18-,19-,20-,25+,26+,27-,28-,29-,30-,31-,32-/m1/s1. The zero-order chi connectivity index (χ0) is 46.8. The molecule has 0 radical (unpaired) electrons. The number of ether oxygens (including phenoxy) is 1. The first-order valence-electron chi connectivity index (χ1n) is 21.2. The molecule has 344 valence electrons. The Morgan fingerprint density at radius 3 is 1.60 bits per heavy atom. The molecule has 2 aromatic rings. The van der Waals surface area contributed by atoms with Gasteiger partial charge in [0.05, 0.1) is 53.2 Å². The van der Waals surface area contributed by atoms with Gasteiger partial charge in [0.25, 0.3) is 0 Å². The predicted octanol–water partition coefficient (Wildman–Crippen LogP) is 2.36. The largest absolute Gasteiger partial charge is 0.478 e. The van der Waals surface area contributed by atoms with Crippen molar-refractivity contribution in [2.24, 2.45) is 23.7 Å². The van der Waals surface area contributed by atoms with Gasteiger partial charge in [0.2, 0.25) is 23.6 Å². The first kappa shape index (κ1) is 45.8. The highest BCUT2D eigenvalue weighted by Gasteiger charge is 2.62. The van der Waals surface area contributed by atoms with Gasteiger partial charge >= 0.3 is 23.9 Å². The van der Waals surface area contributed by atoms with Crippen molar-refractivity contribution in [3.05, 3.63) is 80.9 Å². The molecule has 0 unspecified atom stereocenters. The highest BCUT2D eigenvalue weighted by molar-refractivity contribution is 8.04. The van der Waals surface area contributed by atoms with Gasteiger partial charge in [-0.3, -0.25) is 19.2 Å². The van der Waals surface area contributed by atoms with Crippen LogP contribution in [-0.2, 0) is 33.5 Å². The fraction of sp³-hybridized carbons (Fsp3) is 0.455. The second-order valence-electron chi connectivity index (χ2n) is 17.2. The number of fused-ring (bicyclic) bond motifs is 2. The van der Waals surface area contributed by atoms with Crippen molar-refractivity contribution in [3.63, 3.8) is 0 Å². The average Bonchev–Trinajstić information content (AvgIpc) is 4.02. The molecule has 0 saturated carbocycles. The van der Waals surface area contributed by atoms with Crippen LogP contribution in [0.1, 0.15) is 61.3 Å². The number of aliphatic hydroxyl groups is 1. The Kier molecular flexibility index (Phi) is 12.6. The van der Waals surface area contributed by atoms with E-state index in [-0.39, 0.29) is 50.8 Å². The summed E-state index contributed by atoms with van der Waals surface area (Å²) in [6, 6.07) is 9.66. The van der Waals surface area contributed by atoms with Crippen LogP contribution in [0.3, 0.4) is 0 Å². The fourth-order valence-electron chi connectivity index (χ4n) is 9.91. The number of benzene rings is 2. The zero-order valence-electron chi connectivity index (χ0n) is 35.5. The van der Waals surface area contributed by atoms with Crippen LogP contribution in [-0.4, -0.2) is 138 Å². The quantitative estimate of drug-likeness (QED) is 0.0940. The zero-order valence-corrected chi connectivity index (χ0v) is 37.2. The van der Waals surface area contributed by atoms with Crippen molar-refractivity contribution < 1.29 is 63.5 Å². The number of β-lactam (4-membered cyclic amide) rings is 2. The number of carbonyl (C=O) groups is 8. The number of aliphatic carboxylic acids is 2. The second-order valence-corrected chi connectivity index (χ2v) is 19.9. The molecule has 6 heterocycles. The number of esters is 1. The minimum Gasteiger partial charge on any atom is -0.478 e. The molecule has 6 aliphatic rings. The summed E-state index contributed by atoms with van der Waals surface area (Å²) in [7, 11) is 0. The van der Waals surface area contributed by atoms with E-state index in [1.165, 1.54) is 70.6 Å². The molecule has 19 nitrogen and oxygen atoms in total. The van der Waals surface area contributed by atoms with E-state index in [0.717, 1.165) is 0 Å². The van der Waals surface area contributed by atoms with Gasteiger partial charge in [0, 0.05) is 56.6 Å². The molecule has 0 bridgehead atoms. The van der Waals surface area contributed by atoms with Gasteiger partial charge in [-0.1, -0.05) is 26.0 Å². The molecule has 0 spiro atoms. The van der Waals surface area contributed by atoms with Gasteiger partial charge in [0.1, 0.15) is 17.5 Å². The van der Waals surface area contributed by atoms with Gasteiger partial charge in [-0.15, -0.1) is 23.5 Å². The second kappa shape index (κ2) is 17.9. The molecule has 4 fully saturated rings. The molecule has 65 heavy (non-hydrogen) atoms. The minimum absolute atomic E-state index is 0.0225. The lowest BCUT2D eigenvalue weighted by atomic mass is 9.79. The molecule has 4 amide bonds. The van der Waals surface area contributed by atoms with E-state index in [1.807, 2.05) is 13.8 Å². The first-order valence-corrected chi connectivity index (χ1v) is 23.0. The lowest BCUT2D eigenvalue weighted by Crippen LogP contribution is -2.64. The van der Waals surface area contributed by atoms with E-state index in [9.17, 15) is 58.8 Å². The van der Waals surface area contributed by atoms with Crippen molar-refractivity contribution in [2.75, 3.05) is 23.7 Å². The Hall–Kier alpha value is -5.74. The molecule has 6 aliphatic heterocycles. The van der Waals surface area contributed by atoms with Gasteiger partial charge in [-0.2, -0.15) is 0 Å². The maximum Gasteiger partial charge on any atom is 0.353 e. The molecule has 2 aromatic carbocycles. The number of aliphatic hydroxyl groups excluding tert-OH is 1. The van der Waals surface area contributed by atoms with Gasteiger partial charge in [-0.25, -0.2) is 19.2 Å². The Morgan fingerprint density at radius 1 is 0.692 bits per heavy atom. The number of anilines is 2. The van der Waals surface area contributed by atoms with Crippen molar-refractivity contribution in [2.45, 2.75) is 87.4 Å². The highest BCUT2D eigenvalue weighted by Crippen LogP contribution is 2.53. The van der Waals surface area contributed by atoms with Crippen molar-refractivity contribution in [3.8, 4) is 0 Å². The molecular weight excluding hydrogens is 885 g/mol. The lowest BCUT2D eigenvalue weighted by molar-refractivity contribution is -0.163. The van der Waals surface area contributed by atoms with Crippen molar-refractivity contribution in [1.29, 1.82) is 0 Å². The van der Waals surface area contributed by atoms with Gasteiger partial charge in [0.15, 0.2) is 0 Å². The normalized spacial score (nSPS) is 30.0. The highest BCUT2D eigenvalue weighted by atomic mass is 32.2. The van der Waals surface area contributed by atoms with Gasteiger partial charge < -0.3 is 56.2 Å². The van der Waals surface area contributed by atoms with Crippen LogP contribution in [0.2, 0.25) is 0 Å². The van der Waals surface area contributed by atoms with E-state index in [2.05, 4.69) is 21.3 Å². The summed E-state index contributed by atoms with van der Waals surface area (Å²) in [5.41, 5.74) is 0.539. The monoisotopic (exact) mass is 932 g/mol. The molecular formula is C44H48N6O13S2. The number of hydrogen-bond donors (Lipinski definition) is 8. The maximum absolute atomic E-state index is 13.6. The van der Waals surface area contributed by atoms with E-state index in [4.69, 9.17) is 4.74 Å². The lowest BCUT2D eigenvalue weighted by Gasteiger charge is -2.47. The summed E-state index contributed by atoms with van der Waals surface area (Å²) >= 11 is 2.61. The number of carbonyl (C=O) groups excluding carboxylic acids is 5. The van der Waals surface area contributed by atoms with E-state index >= 15 is 0 Å². The van der Waals surface area contributed by atoms with Crippen LogP contribution < -0.4 is 21.3 Å². The Labute approximate surface area is 380 Å². The molecule has 0 aromatic heterocycles. The first-order chi connectivity index (χ1) is 30.9. The summed E-state index contributed by atoms with van der Waals surface area (Å²) in [6.45, 7) is 7.51. The van der Waals surface area contributed by atoms with Crippen LogP contribution in [0.25, 0.3) is 0 Å². The minimum atomic E-state index is -1.28. The molecule has 12 atom stereocenters. The third-order valence-corrected chi connectivity index (χ3v) is 16.1. The van der Waals surface area contributed by atoms with Crippen LogP contribution in [0.15, 0.2) is 69.7 Å². The van der Waals surface area contributed by atoms with Crippen molar-refractivity contribution >= 4 is 82.4 Å². The third kappa shape index (κ3) is 8.39. The van der Waals surface area contributed by atoms with E-state index < -0.39 is 89.8 Å². The number of amides is 4. The summed E-state index contributed by atoms with van der Waals surface area (Å²) in [4.78, 5) is 106. The number of thioether (sulfide) groups is 2. The number of rotatable bonds is 15. The number of carboxylic acids is 3. The Bertz CT molecular complexity index is 2460. The topological polar surface area (TPSA) is 281 Å². The predicted molar refractivity (Wildman–Crippen MR) is 235 cm³/mol. The molecule has 21 heteroatoms. The fourth-order valence-corrected chi connectivity index (χ4v) is 12.9. The third-order valence-electron chi connectivity index (χ3n) is 13.0. The molecule has 8 rings (SSSR count). The number of hydrogen-bond acceptors (Lipinski definition) is 14. The number of aromatic carboxylic acids is 1. The average molecular weight is 933 g/mol. The van der Waals surface area contributed by atoms with E-state index in [1.54, 1.807) is 25.1 Å². The summed E-state index contributed by atoms with van der Waals surface area (Å²) in [6.07, 6.45) is -1.17. The number of nitrogens with one attached hydrogen (secondary N) is 4. The summed E-state index contributed by atoms with van der Waals surface area (Å²) in [5.74, 6) is -8.32. The van der Waals surface area contributed by atoms with Crippen molar-refractivity contribution in [1.82, 2.24) is 20.4 Å². The van der Waals surface area contributed by atoms with E-state index in [0.29, 0.717) is 47.1 Å². The van der Waals surface area contributed by atoms with Crippen LogP contribution in [0, 0.1) is 23.7 Å². The SMILES string of the molecule is C[C@@H](O)[C@H]1C(=O)N2C(C(=O)O)=C(S[C@@H]3CN[C@@H](C(=O)Nc4cccc(C(=O)O[C@H](C)[C@H]5C(=O)N6C(C(=O)O)=C(S[C@@H]7CN[C@@H](C(=O)Nc8cccc(C(=O)O)c8)C7)[C@H](C)[C@H]56)c4)C3)[C@H](C)[C@H]12. The summed E-state index contributed by atoms with van der Waals surface area (Å²) in [5, 5.41) is 51.2. The number of carboxylic acid groups (broad SMARTS) is 3. The Morgan fingerprint density at radius 2 is 1.14 bits per heavy atom. The maximum atomic E-state index is 13.6. The van der Waals surface area contributed by atoms with Crippen LogP contribution >= 0.6 is 23.5 Å². The van der Waals surface area contributed by atoms with Crippen LogP contribution in [0.4, 0.5) is 11.4 Å². The molecule has 4 saturated heterocycles. The number of nitrogens with zero attached hydrogens (tertiary/aromatic N) is 2. The molecule has 8 N–H and O–H groups in total. The van der Waals surface area contributed by atoms with Gasteiger partial charge in [-0.05, 0) is 63.1 Å². The summed E-state index contributed by atoms with van der Waals surface area (Å²) < 4.78 is 5.80.